The van der Waals surface area contributed by atoms with Crippen LogP contribution in [0.3, 0.4) is 0 Å². The fourth-order valence-corrected chi connectivity index (χ4v) is 1.40. The van der Waals surface area contributed by atoms with Gasteiger partial charge in [0.25, 0.3) is 0 Å². The van der Waals surface area contributed by atoms with Gasteiger partial charge in [-0.25, -0.2) is 0 Å². The molecule has 1 aliphatic carbocycles. The lowest BCUT2D eigenvalue weighted by Crippen LogP contribution is -2.30. The number of carbonyl (C=O) groups is 2. The van der Waals surface area contributed by atoms with E-state index >= 15 is 0 Å². The largest absolute Gasteiger partial charge is 0.481 e. The van der Waals surface area contributed by atoms with Crippen LogP contribution < -0.4 is 0 Å². The maximum Gasteiger partial charge on any atom is 0.307 e. The Hall–Kier alpha value is -1.62. The van der Waals surface area contributed by atoms with Crippen LogP contribution in [-0.4, -0.2) is 32.9 Å². The van der Waals surface area contributed by atoms with Crippen molar-refractivity contribution in [2.45, 2.75) is 24.9 Å². The van der Waals surface area contributed by atoms with Gasteiger partial charge in [-0.15, -0.1) is 0 Å². The topological polar surface area (TPSA) is 94.8 Å². The van der Waals surface area contributed by atoms with E-state index in [0.29, 0.717) is 5.57 Å². The van der Waals surface area contributed by atoms with E-state index < -0.39 is 17.5 Å². The molecule has 0 aliphatic heterocycles. The molecule has 5 nitrogen and oxygen atoms in total. The molecule has 0 aromatic carbocycles. The van der Waals surface area contributed by atoms with Gasteiger partial charge in [-0.2, -0.15) is 0 Å². The molecule has 0 spiro atoms. The minimum absolute atomic E-state index is 0.111. The summed E-state index contributed by atoms with van der Waals surface area (Å²) in [4.78, 5) is 20.8. The summed E-state index contributed by atoms with van der Waals surface area (Å²) in [6, 6.07) is 0. The number of aliphatic hydroxyl groups is 1. The molecule has 0 bridgehead atoms. The quantitative estimate of drug-likeness (QED) is 0.632. The van der Waals surface area contributed by atoms with Gasteiger partial charge in [0.05, 0.1) is 18.4 Å². The van der Waals surface area contributed by atoms with Crippen molar-refractivity contribution in [3.05, 3.63) is 23.8 Å². The number of carboxylic acid groups (broad SMARTS) is 2. The maximum atomic E-state index is 10.4. The molecule has 0 aromatic heterocycles. The van der Waals surface area contributed by atoms with Crippen molar-refractivity contribution in [2.75, 3.05) is 0 Å². The van der Waals surface area contributed by atoms with E-state index in [2.05, 4.69) is 0 Å². The van der Waals surface area contributed by atoms with Crippen molar-refractivity contribution < 1.29 is 24.9 Å². The third-order valence-electron chi connectivity index (χ3n) is 2.14. The molecule has 1 unspecified atom stereocenters. The number of carboxylic acids is 2. The van der Waals surface area contributed by atoms with Crippen LogP contribution in [0.25, 0.3) is 0 Å². The van der Waals surface area contributed by atoms with E-state index in [9.17, 15) is 14.7 Å². The fourth-order valence-electron chi connectivity index (χ4n) is 1.40. The minimum Gasteiger partial charge on any atom is -0.481 e. The predicted octanol–water partition coefficient (Wildman–Crippen LogP) is 0.553. The molecule has 0 fully saturated rings. The van der Waals surface area contributed by atoms with Gasteiger partial charge >= 0.3 is 11.9 Å². The average Bonchev–Trinajstić information content (AvgIpc) is 2.07. The van der Waals surface area contributed by atoms with Crippen LogP contribution in [-0.2, 0) is 9.59 Å². The Kier molecular flexibility index (Phi) is 3.26. The molecule has 5 heteroatoms. The Morgan fingerprint density at radius 1 is 1.33 bits per heavy atom. The molecule has 0 heterocycles. The molecule has 1 rings (SSSR count). The summed E-state index contributed by atoms with van der Waals surface area (Å²) in [6.45, 7) is 0. The van der Waals surface area contributed by atoms with Crippen LogP contribution >= 0.6 is 0 Å². The van der Waals surface area contributed by atoms with Gasteiger partial charge < -0.3 is 15.3 Å². The van der Waals surface area contributed by atoms with Gasteiger partial charge in [0.1, 0.15) is 0 Å². The monoisotopic (exact) mass is 212 g/mol. The second-order valence-electron chi connectivity index (χ2n) is 3.56. The Bertz CT molecular complexity index is 342. The zero-order chi connectivity index (χ0) is 11.5. The summed E-state index contributed by atoms with van der Waals surface area (Å²) in [7, 11) is 0. The molecular formula is C10H12O5. The van der Waals surface area contributed by atoms with Gasteiger partial charge in [0, 0.05) is 0 Å². The molecule has 15 heavy (non-hydrogen) atoms. The van der Waals surface area contributed by atoms with Gasteiger partial charge in [-0.1, -0.05) is 18.2 Å². The molecule has 0 aromatic rings. The highest BCUT2D eigenvalue weighted by atomic mass is 16.4. The highest BCUT2D eigenvalue weighted by Crippen LogP contribution is 2.25. The second kappa shape index (κ2) is 4.27. The molecular weight excluding hydrogens is 200 g/mol. The number of rotatable bonds is 4. The summed E-state index contributed by atoms with van der Waals surface area (Å²) in [5.41, 5.74) is -0.800. The lowest BCUT2D eigenvalue weighted by molar-refractivity contribution is -0.141. The average molecular weight is 212 g/mol. The van der Waals surface area contributed by atoms with Gasteiger partial charge in [0.2, 0.25) is 0 Å². The van der Waals surface area contributed by atoms with E-state index in [1.807, 2.05) is 0 Å². The normalized spacial score (nSPS) is 24.7. The molecule has 0 saturated heterocycles. The van der Waals surface area contributed by atoms with Crippen LogP contribution in [0.2, 0.25) is 0 Å². The molecule has 3 N–H and O–H groups in total. The van der Waals surface area contributed by atoms with Crippen molar-refractivity contribution in [2.24, 2.45) is 0 Å². The first kappa shape index (κ1) is 11.5. The summed E-state index contributed by atoms with van der Waals surface area (Å²) in [6.07, 6.45) is 4.01. The molecule has 82 valence electrons. The first-order chi connectivity index (χ1) is 6.91. The van der Waals surface area contributed by atoms with Gasteiger partial charge in [0.15, 0.2) is 0 Å². The summed E-state index contributed by atoms with van der Waals surface area (Å²) in [5.74, 6) is -2.04. The first-order valence-corrected chi connectivity index (χ1v) is 4.45. The van der Waals surface area contributed by atoms with E-state index in [-0.39, 0.29) is 19.3 Å². The van der Waals surface area contributed by atoms with Crippen LogP contribution in [0.4, 0.5) is 0 Å². The van der Waals surface area contributed by atoms with Gasteiger partial charge in [-0.05, 0) is 12.0 Å². The van der Waals surface area contributed by atoms with E-state index in [0.717, 1.165) is 0 Å². The summed E-state index contributed by atoms with van der Waals surface area (Å²) < 4.78 is 0. The Morgan fingerprint density at radius 3 is 2.40 bits per heavy atom. The predicted molar refractivity (Wildman–Crippen MR) is 51.3 cm³/mol. The van der Waals surface area contributed by atoms with Gasteiger partial charge in [-0.3, -0.25) is 9.59 Å². The maximum absolute atomic E-state index is 10.4. The van der Waals surface area contributed by atoms with Crippen molar-refractivity contribution in [3.63, 3.8) is 0 Å². The number of allylic oxidation sites excluding steroid dienone is 1. The van der Waals surface area contributed by atoms with Crippen molar-refractivity contribution >= 4 is 11.9 Å². The number of hydrogen-bond acceptors (Lipinski definition) is 3. The molecule has 0 saturated carbocycles. The standard InChI is InChI=1S/C10H12O5/c11-8(12)5-7-1-3-10(15,4-2-7)6-9(13)14/h1-3,15H,4-6H2,(H,11,12)(H,13,14). The third kappa shape index (κ3) is 3.55. The first-order valence-electron chi connectivity index (χ1n) is 4.45. The van der Waals surface area contributed by atoms with E-state index in [1.54, 1.807) is 6.08 Å². The zero-order valence-electron chi connectivity index (χ0n) is 8.01. The van der Waals surface area contributed by atoms with Crippen molar-refractivity contribution in [1.29, 1.82) is 0 Å². The second-order valence-corrected chi connectivity index (χ2v) is 3.56. The minimum atomic E-state index is -1.38. The smallest absolute Gasteiger partial charge is 0.307 e. The lowest BCUT2D eigenvalue weighted by Gasteiger charge is -2.24. The molecule has 0 radical (unpaired) electrons. The van der Waals surface area contributed by atoms with Crippen molar-refractivity contribution in [3.8, 4) is 0 Å². The summed E-state index contributed by atoms with van der Waals surface area (Å²) >= 11 is 0. The Balaban J connectivity index is 2.62. The molecule has 0 amide bonds. The van der Waals surface area contributed by atoms with Crippen molar-refractivity contribution in [1.82, 2.24) is 0 Å². The van der Waals surface area contributed by atoms with E-state index in [4.69, 9.17) is 10.2 Å². The Labute approximate surface area is 86.3 Å². The number of hydrogen-bond donors (Lipinski definition) is 3. The number of aliphatic carboxylic acids is 2. The SMILES string of the molecule is O=C(O)CC1=CCC(O)(CC(=O)O)C=C1. The molecule has 1 aliphatic rings. The molecule has 1 atom stereocenters. The Morgan fingerprint density at radius 2 is 2.00 bits per heavy atom. The highest BCUT2D eigenvalue weighted by molar-refractivity contribution is 5.72. The third-order valence-corrected chi connectivity index (χ3v) is 2.14. The van der Waals surface area contributed by atoms with Crippen LogP contribution in [0.5, 0.6) is 0 Å². The van der Waals surface area contributed by atoms with Crippen LogP contribution in [0.1, 0.15) is 19.3 Å². The van der Waals surface area contributed by atoms with Crippen LogP contribution in [0, 0.1) is 0 Å². The fraction of sp³-hybridized carbons (Fsp3) is 0.400. The van der Waals surface area contributed by atoms with E-state index in [1.165, 1.54) is 12.2 Å². The summed E-state index contributed by atoms with van der Waals surface area (Å²) in [5, 5.41) is 26.8. The highest BCUT2D eigenvalue weighted by Gasteiger charge is 2.28. The lowest BCUT2D eigenvalue weighted by atomic mass is 9.88. The van der Waals surface area contributed by atoms with Crippen LogP contribution in [0.15, 0.2) is 23.8 Å². The zero-order valence-corrected chi connectivity index (χ0v) is 8.01.